The van der Waals surface area contributed by atoms with Gasteiger partial charge < -0.3 is 9.30 Å². The summed E-state index contributed by atoms with van der Waals surface area (Å²) in [7, 11) is 3.64. The van der Waals surface area contributed by atoms with Gasteiger partial charge in [0.25, 0.3) is 0 Å². The Hall–Kier alpha value is -1.50. The number of hydrogen-bond donors (Lipinski definition) is 0. The second-order valence-corrected chi connectivity index (χ2v) is 7.41. The summed E-state index contributed by atoms with van der Waals surface area (Å²) in [4.78, 5) is 0. The van der Waals surface area contributed by atoms with Gasteiger partial charge in [-0.1, -0.05) is 39.3 Å². The van der Waals surface area contributed by atoms with Crippen molar-refractivity contribution in [1.82, 2.24) is 14.8 Å². The van der Waals surface area contributed by atoms with Gasteiger partial charge in [0, 0.05) is 33.4 Å². The van der Waals surface area contributed by atoms with E-state index in [9.17, 15) is 0 Å². The van der Waals surface area contributed by atoms with Crippen LogP contribution >= 0.6 is 39.3 Å². The third-order valence-electron chi connectivity index (χ3n) is 3.54. The van der Waals surface area contributed by atoms with Gasteiger partial charge in [-0.15, -0.1) is 10.2 Å². The standard InChI is InChI=1S/C17H15BrClN3OS/c1-22-16(11-3-6-14(19)7-4-11)20-21-17(22)24-10-12-9-13(18)5-8-15(12)23-2/h3-9H,10H2,1-2H3. The van der Waals surface area contributed by atoms with Gasteiger partial charge in [0.05, 0.1) is 7.11 Å². The molecular weight excluding hydrogens is 410 g/mol. The molecule has 24 heavy (non-hydrogen) atoms. The van der Waals surface area contributed by atoms with Gasteiger partial charge in [0.15, 0.2) is 11.0 Å². The summed E-state index contributed by atoms with van der Waals surface area (Å²) in [6, 6.07) is 13.6. The minimum atomic E-state index is 0.706. The van der Waals surface area contributed by atoms with Crippen LogP contribution in [0, 0.1) is 0 Å². The molecule has 0 spiro atoms. The van der Waals surface area contributed by atoms with E-state index in [4.69, 9.17) is 16.3 Å². The molecule has 0 saturated carbocycles. The van der Waals surface area contributed by atoms with Crippen LogP contribution in [0.2, 0.25) is 5.02 Å². The van der Waals surface area contributed by atoms with Crippen molar-refractivity contribution in [1.29, 1.82) is 0 Å². The first kappa shape index (κ1) is 17.3. The average Bonchev–Trinajstić information content (AvgIpc) is 2.95. The number of nitrogens with zero attached hydrogens (tertiary/aromatic N) is 3. The predicted molar refractivity (Wildman–Crippen MR) is 102 cm³/mol. The highest BCUT2D eigenvalue weighted by atomic mass is 79.9. The van der Waals surface area contributed by atoms with Crippen LogP contribution in [-0.4, -0.2) is 21.9 Å². The van der Waals surface area contributed by atoms with Crippen molar-refractivity contribution in [3.8, 4) is 17.1 Å². The summed E-state index contributed by atoms with van der Waals surface area (Å²) >= 11 is 11.1. The maximum absolute atomic E-state index is 5.94. The van der Waals surface area contributed by atoms with Gasteiger partial charge in [-0.2, -0.15) is 0 Å². The number of methoxy groups -OCH3 is 1. The molecule has 4 nitrogen and oxygen atoms in total. The summed E-state index contributed by atoms with van der Waals surface area (Å²) in [5, 5.41) is 10.1. The van der Waals surface area contributed by atoms with E-state index < -0.39 is 0 Å². The Bertz CT molecular complexity index is 852. The van der Waals surface area contributed by atoms with E-state index in [1.165, 1.54) is 0 Å². The summed E-state index contributed by atoms with van der Waals surface area (Å²) in [6.45, 7) is 0. The molecule has 0 aliphatic carbocycles. The summed E-state index contributed by atoms with van der Waals surface area (Å²) in [6.07, 6.45) is 0. The quantitative estimate of drug-likeness (QED) is 0.528. The van der Waals surface area contributed by atoms with E-state index >= 15 is 0 Å². The normalized spacial score (nSPS) is 10.8. The largest absolute Gasteiger partial charge is 0.496 e. The van der Waals surface area contributed by atoms with E-state index in [1.807, 2.05) is 48.0 Å². The number of ether oxygens (including phenoxy) is 1. The Morgan fingerprint density at radius 1 is 1.17 bits per heavy atom. The third kappa shape index (κ3) is 3.77. The molecule has 0 saturated heterocycles. The number of thioether (sulfide) groups is 1. The topological polar surface area (TPSA) is 39.9 Å². The molecule has 0 radical (unpaired) electrons. The fourth-order valence-electron chi connectivity index (χ4n) is 2.29. The molecule has 3 rings (SSSR count). The van der Waals surface area contributed by atoms with Crippen molar-refractivity contribution in [3.63, 3.8) is 0 Å². The second kappa shape index (κ2) is 7.59. The Morgan fingerprint density at radius 3 is 2.62 bits per heavy atom. The van der Waals surface area contributed by atoms with Gasteiger partial charge in [0.2, 0.25) is 0 Å². The van der Waals surface area contributed by atoms with Crippen LogP contribution in [0.1, 0.15) is 5.56 Å². The lowest BCUT2D eigenvalue weighted by Gasteiger charge is -2.09. The van der Waals surface area contributed by atoms with E-state index in [0.29, 0.717) is 5.02 Å². The zero-order valence-electron chi connectivity index (χ0n) is 13.2. The molecule has 0 fully saturated rings. The van der Waals surface area contributed by atoms with Gasteiger partial charge in [-0.3, -0.25) is 0 Å². The molecule has 0 unspecified atom stereocenters. The highest BCUT2D eigenvalue weighted by Gasteiger charge is 2.12. The minimum absolute atomic E-state index is 0.706. The molecule has 1 aromatic heterocycles. The van der Waals surface area contributed by atoms with Crippen LogP contribution in [0.15, 0.2) is 52.1 Å². The highest BCUT2D eigenvalue weighted by molar-refractivity contribution is 9.10. The van der Waals surface area contributed by atoms with Crippen LogP contribution in [0.5, 0.6) is 5.75 Å². The van der Waals surface area contributed by atoms with Crippen LogP contribution in [-0.2, 0) is 12.8 Å². The van der Waals surface area contributed by atoms with Crippen LogP contribution < -0.4 is 4.74 Å². The van der Waals surface area contributed by atoms with E-state index in [2.05, 4.69) is 32.2 Å². The van der Waals surface area contributed by atoms with Gasteiger partial charge >= 0.3 is 0 Å². The third-order valence-corrected chi connectivity index (χ3v) is 5.35. The van der Waals surface area contributed by atoms with Crippen molar-refractivity contribution in [3.05, 3.63) is 57.5 Å². The second-order valence-electron chi connectivity index (χ2n) is 5.12. The van der Waals surface area contributed by atoms with Crippen molar-refractivity contribution >= 4 is 39.3 Å². The van der Waals surface area contributed by atoms with Crippen LogP contribution in [0.3, 0.4) is 0 Å². The average molecular weight is 425 g/mol. The van der Waals surface area contributed by atoms with Gasteiger partial charge in [-0.25, -0.2) is 0 Å². The van der Waals surface area contributed by atoms with E-state index in [0.717, 1.165) is 38.1 Å². The fraction of sp³-hybridized carbons (Fsp3) is 0.176. The van der Waals surface area contributed by atoms with Crippen molar-refractivity contribution in [2.24, 2.45) is 7.05 Å². The number of benzene rings is 2. The molecule has 0 bridgehead atoms. The SMILES string of the molecule is COc1ccc(Br)cc1CSc1nnc(-c2ccc(Cl)cc2)n1C. The lowest BCUT2D eigenvalue weighted by atomic mass is 10.2. The molecule has 3 aromatic rings. The Morgan fingerprint density at radius 2 is 1.92 bits per heavy atom. The summed E-state index contributed by atoms with van der Waals surface area (Å²) in [5.41, 5.74) is 2.09. The highest BCUT2D eigenvalue weighted by Crippen LogP contribution is 2.30. The predicted octanol–water partition coefficient (Wildman–Crippen LogP) is 5.20. The first-order chi connectivity index (χ1) is 11.6. The zero-order valence-corrected chi connectivity index (χ0v) is 16.3. The first-order valence-corrected chi connectivity index (χ1v) is 9.34. The maximum Gasteiger partial charge on any atom is 0.191 e. The van der Waals surface area contributed by atoms with Crippen molar-refractivity contribution in [2.75, 3.05) is 7.11 Å². The summed E-state index contributed by atoms with van der Waals surface area (Å²) in [5.74, 6) is 2.43. The fourth-order valence-corrected chi connectivity index (χ4v) is 3.72. The van der Waals surface area contributed by atoms with Gasteiger partial charge in [0.1, 0.15) is 5.75 Å². The molecule has 2 aromatic carbocycles. The molecule has 7 heteroatoms. The Kier molecular flexibility index (Phi) is 5.48. The number of halogens is 2. The Labute approximate surface area is 158 Å². The van der Waals surface area contributed by atoms with Crippen molar-refractivity contribution < 1.29 is 4.74 Å². The van der Waals surface area contributed by atoms with Crippen molar-refractivity contribution in [2.45, 2.75) is 10.9 Å². The molecule has 0 aliphatic rings. The monoisotopic (exact) mass is 423 g/mol. The molecule has 0 atom stereocenters. The van der Waals surface area contributed by atoms with Crippen LogP contribution in [0.4, 0.5) is 0 Å². The van der Waals surface area contributed by atoms with E-state index in [-0.39, 0.29) is 0 Å². The lowest BCUT2D eigenvalue weighted by Crippen LogP contribution is -1.96. The zero-order chi connectivity index (χ0) is 17.1. The molecular formula is C17H15BrClN3OS. The summed E-state index contributed by atoms with van der Waals surface area (Å²) < 4.78 is 8.43. The number of aromatic nitrogens is 3. The molecule has 0 N–H and O–H groups in total. The minimum Gasteiger partial charge on any atom is -0.496 e. The molecule has 124 valence electrons. The van der Waals surface area contributed by atoms with Gasteiger partial charge in [-0.05, 0) is 42.5 Å². The number of rotatable bonds is 5. The maximum atomic E-state index is 5.94. The number of hydrogen-bond acceptors (Lipinski definition) is 4. The smallest absolute Gasteiger partial charge is 0.191 e. The van der Waals surface area contributed by atoms with E-state index in [1.54, 1.807) is 18.9 Å². The Balaban J connectivity index is 1.80. The molecule has 0 aliphatic heterocycles. The van der Waals surface area contributed by atoms with Crippen LogP contribution in [0.25, 0.3) is 11.4 Å². The molecule has 0 amide bonds. The first-order valence-electron chi connectivity index (χ1n) is 7.19. The molecule has 1 heterocycles. The lowest BCUT2D eigenvalue weighted by molar-refractivity contribution is 0.411.